The normalized spacial score (nSPS) is 25.6. The number of fused-ring (bicyclic) bond motifs is 1. The van der Waals surface area contributed by atoms with E-state index in [1.807, 2.05) is 22.6 Å². The van der Waals surface area contributed by atoms with Crippen LogP contribution in [-0.4, -0.2) is 5.91 Å². The molecule has 0 aromatic heterocycles. The van der Waals surface area contributed by atoms with E-state index in [4.69, 9.17) is 0 Å². The first kappa shape index (κ1) is 8.93. The highest BCUT2D eigenvalue weighted by Gasteiger charge is 2.41. The molecule has 1 N–H and O–H groups in total. The second kappa shape index (κ2) is 2.67. The number of anilines is 1. The standard InChI is InChI=1S/C9H7FINO/c1-9(11)5-3-2-4-6(10)7(5)12-8(9)13/h2-4H,1H3,(H,12,13). The summed E-state index contributed by atoms with van der Waals surface area (Å²) in [6.07, 6.45) is 0. The van der Waals surface area contributed by atoms with Gasteiger partial charge in [0.15, 0.2) is 0 Å². The quantitative estimate of drug-likeness (QED) is 0.577. The fourth-order valence-corrected chi connectivity index (χ4v) is 1.98. The molecule has 0 bridgehead atoms. The van der Waals surface area contributed by atoms with Crippen LogP contribution in [0.2, 0.25) is 0 Å². The van der Waals surface area contributed by atoms with Crippen molar-refractivity contribution in [2.75, 3.05) is 5.32 Å². The Balaban J connectivity index is 2.68. The van der Waals surface area contributed by atoms with Crippen LogP contribution < -0.4 is 5.32 Å². The number of rotatable bonds is 0. The van der Waals surface area contributed by atoms with Gasteiger partial charge in [0.25, 0.3) is 0 Å². The van der Waals surface area contributed by atoms with E-state index in [0.717, 1.165) is 5.56 Å². The molecule has 0 saturated heterocycles. The molecule has 2 rings (SSSR count). The third-order valence-electron chi connectivity index (χ3n) is 2.18. The average Bonchev–Trinajstić information content (AvgIpc) is 2.28. The second-order valence-corrected chi connectivity index (χ2v) is 5.28. The molecule has 0 radical (unpaired) electrons. The molecule has 1 aromatic carbocycles. The van der Waals surface area contributed by atoms with Gasteiger partial charge in [-0.15, -0.1) is 0 Å². The third kappa shape index (κ3) is 1.15. The number of benzene rings is 1. The van der Waals surface area contributed by atoms with Gasteiger partial charge in [-0.05, 0) is 13.0 Å². The Hall–Kier alpha value is -0.650. The second-order valence-electron chi connectivity index (χ2n) is 3.12. The van der Waals surface area contributed by atoms with E-state index in [9.17, 15) is 9.18 Å². The van der Waals surface area contributed by atoms with Crippen LogP contribution in [-0.2, 0) is 8.22 Å². The van der Waals surface area contributed by atoms with Gasteiger partial charge in [0.05, 0.1) is 5.69 Å². The topological polar surface area (TPSA) is 29.1 Å². The lowest BCUT2D eigenvalue weighted by Crippen LogP contribution is -2.23. The van der Waals surface area contributed by atoms with Crippen molar-refractivity contribution in [1.29, 1.82) is 0 Å². The minimum Gasteiger partial charge on any atom is -0.322 e. The van der Waals surface area contributed by atoms with E-state index in [0.29, 0.717) is 5.69 Å². The van der Waals surface area contributed by atoms with Crippen LogP contribution in [0.25, 0.3) is 0 Å². The lowest BCUT2D eigenvalue weighted by Gasteiger charge is -2.11. The van der Waals surface area contributed by atoms with Crippen molar-refractivity contribution in [2.24, 2.45) is 0 Å². The molecule has 2 nitrogen and oxygen atoms in total. The number of hydrogen-bond donors (Lipinski definition) is 1. The number of alkyl halides is 1. The SMILES string of the molecule is CC1(I)C(=O)Nc2c(F)cccc21. The van der Waals surface area contributed by atoms with Crippen LogP contribution in [0.3, 0.4) is 0 Å². The number of nitrogens with one attached hydrogen (secondary N) is 1. The Labute approximate surface area is 88.7 Å². The predicted molar refractivity (Wildman–Crippen MR) is 56.4 cm³/mol. The lowest BCUT2D eigenvalue weighted by molar-refractivity contribution is -0.117. The molecule has 1 aliphatic heterocycles. The fraction of sp³-hybridized carbons (Fsp3) is 0.222. The summed E-state index contributed by atoms with van der Waals surface area (Å²) < 4.78 is 12.5. The van der Waals surface area contributed by atoms with Crippen molar-refractivity contribution in [3.8, 4) is 0 Å². The molecule has 4 heteroatoms. The summed E-state index contributed by atoms with van der Waals surface area (Å²) in [5.41, 5.74) is 1.04. The van der Waals surface area contributed by atoms with Crippen LogP contribution >= 0.6 is 22.6 Å². The number of para-hydroxylation sites is 1. The molecule has 1 unspecified atom stereocenters. The Morgan fingerprint density at radius 2 is 2.23 bits per heavy atom. The summed E-state index contributed by atoms with van der Waals surface area (Å²) in [5.74, 6) is -0.528. The van der Waals surface area contributed by atoms with E-state index < -0.39 is 3.42 Å². The van der Waals surface area contributed by atoms with E-state index in [1.165, 1.54) is 6.07 Å². The van der Waals surface area contributed by atoms with Gasteiger partial charge < -0.3 is 5.32 Å². The summed E-state index contributed by atoms with van der Waals surface area (Å²) in [6.45, 7) is 1.77. The molecule has 1 aromatic rings. The van der Waals surface area contributed by atoms with Gasteiger partial charge >= 0.3 is 0 Å². The maximum absolute atomic E-state index is 13.2. The summed E-state index contributed by atoms with van der Waals surface area (Å²) >= 11 is 2.02. The molecule has 0 spiro atoms. The van der Waals surface area contributed by atoms with Crippen molar-refractivity contribution in [2.45, 2.75) is 10.3 Å². The van der Waals surface area contributed by atoms with E-state index >= 15 is 0 Å². The molecule has 13 heavy (non-hydrogen) atoms. The first-order valence-electron chi connectivity index (χ1n) is 3.83. The molecular weight excluding hydrogens is 284 g/mol. The van der Waals surface area contributed by atoms with Crippen molar-refractivity contribution in [1.82, 2.24) is 0 Å². The van der Waals surface area contributed by atoms with Crippen molar-refractivity contribution < 1.29 is 9.18 Å². The van der Waals surface area contributed by atoms with E-state index in [1.54, 1.807) is 19.1 Å². The van der Waals surface area contributed by atoms with E-state index in [2.05, 4.69) is 5.32 Å². The zero-order valence-electron chi connectivity index (χ0n) is 6.90. The van der Waals surface area contributed by atoms with Gasteiger partial charge in [-0.2, -0.15) is 0 Å². The van der Waals surface area contributed by atoms with Crippen molar-refractivity contribution in [3.05, 3.63) is 29.6 Å². The molecule has 0 saturated carbocycles. The lowest BCUT2D eigenvalue weighted by atomic mass is 10.0. The molecule has 1 aliphatic rings. The highest BCUT2D eigenvalue weighted by atomic mass is 127. The minimum absolute atomic E-state index is 0.159. The Morgan fingerprint density at radius 3 is 2.85 bits per heavy atom. The van der Waals surface area contributed by atoms with Gasteiger partial charge in [0.1, 0.15) is 9.24 Å². The van der Waals surface area contributed by atoms with Gasteiger partial charge in [-0.3, -0.25) is 4.79 Å². The van der Waals surface area contributed by atoms with Gasteiger partial charge in [-0.1, -0.05) is 34.7 Å². The maximum atomic E-state index is 13.2. The van der Waals surface area contributed by atoms with Crippen molar-refractivity contribution >= 4 is 34.2 Å². The zero-order valence-corrected chi connectivity index (χ0v) is 9.05. The number of carbonyl (C=O) groups excluding carboxylic acids is 1. The summed E-state index contributed by atoms with van der Waals surface area (Å²) in [4.78, 5) is 11.4. The maximum Gasteiger partial charge on any atom is 0.244 e. The predicted octanol–water partition coefficient (Wildman–Crippen LogP) is 2.43. The third-order valence-corrected chi connectivity index (χ3v) is 3.26. The Kier molecular flexibility index (Phi) is 1.83. The number of carbonyl (C=O) groups is 1. The van der Waals surface area contributed by atoms with Crippen LogP contribution in [0, 0.1) is 5.82 Å². The largest absolute Gasteiger partial charge is 0.322 e. The van der Waals surface area contributed by atoms with Gasteiger partial charge in [-0.25, -0.2) is 4.39 Å². The summed E-state index contributed by atoms with van der Waals surface area (Å²) in [5, 5.41) is 2.53. The van der Waals surface area contributed by atoms with Crippen LogP contribution in [0.15, 0.2) is 18.2 Å². The molecule has 68 valence electrons. The molecule has 1 amide bonds. The molecular formula is C9H7FINO. The fourth-order valence-electron chi connectivity index (χ4n) is 1.40. The van der Waals surface area contributed by atoms with Gasteiger partial charge in [0, 0.05) is 5.56 Å². The van der Waals surface area contributed by atoms with Crippen LogP contribution in [0.1, 0.15) is 12.5 Å². The van der Waals surface area contributed by atoms with Gasteiger partial charge in [0.2, 0.25) is 5.91 Å². The molecule has 0 aliphatic carbocycles. The zero-order chi connectivity index (χ0) is 9.64. The van der Waals surface area contributed by atoms with Crippen LogP contribution in [0.4, 0.5) is 10.1 Å². The highest BCUT2D eigenvalue weighted by Crippen LogP contribution is 2.43. The molecule has 0 fully saturated rings. The minimum atomic E-state index is -0.644. The highest BCUT2D eigenvalue weighted by molar-refractivity contribution is 14.1. The number of hydrogen-bond acceptors (Lipinski definition) is 1. The van der Waals surface area contributed by atoms with Crippen molar-refractivity contribution in [3.63, 3.8) is 0 Å². The first-order chi connectivity index (χ1) is 6.03. The smallest absolute Gasteiger partial charge is 0.244 e. The monoisotopic (exact) mass is 291 g/mol. The Morgan fingerprint density at radius 1 is 1.54 bits per heavy atom. The van der Waals surface area contributed by atoms with Crippen LogP contribution in [0.5, 0.6) is 0 Å². The average molecular weight is 291 g/mol. The van der Waals surface area contributed by atoms with E-state index in [-0.39, 0.29) is 11.7 Å². The number of halogens is 2. The molecule has 1 atom stereocenters. The summed E-state index contributed by atoms with van der Waals surface area (Å²) in [6, 6.07) is 4.73. The Bertz CT molecular complexity index is 389. The first-order valence-corrected chi connectivity index (χ1v) is 4.90. The number of amides is 1. The summed E-state index contributed by atoms with van der Waals surface area (Å²) in [7, 11) is 0. The molecule has 1 heterocycles.